The quantitative estimate of drug-likeness (QED) is 0.724. The molecule has 0 amide bonds. The molecule has 0 aliphatic rings. The second kappa shape index (κ2) is 5.46. The molecule has 0 atom stereocenters. The van der Waals surface area contributed by atoms with Crippen molar-refractivity contribution in [3.05, 3.63) is 4.58 Å². The van der Waals surface area contributed by atoms with Crippen molar-refractivity contribution in [3.8, 4) is 0 Å². The molecule has 0 aromatic carbocycles. The lowest BCUT2D eigenvalue weighted by Gasteiger charge is -2.19. The van der Waals surface area contributed by atoms with Gasteiger partial charge in [0.1, 0.15) is 0 Å². The van der Waals surface area contributed by atoms with E-state index in [1.165, 1.54) is 6.92 Å². The molecule has 0 aromatic heterocycles. The average molecular weight is 335 g/mol. The third-order valence-corrected chi connectivity index (χ3v) is 6.09. The predicted molar refractivity (Wildman–Crippen MR) is 52.7 cm³/mol. The van der Waals surface area contributed by atoms with Crippen LogP contribution in [0.4, 0.5) is 26.3 Å². The molecule has 12 heteroatoms. The number of alkyl halides is 6. The van der Waals surface area contributed by atoms with E-state index < -0.39 is 48.1 Å². The van der Waals surface area contributed by atoms with E-state index in [9.17, 15) is 43.2 Å². The molecule has 0 bridgehead atoms. The summed E-state index contributed by atoms with van der Waals surface area (Å²) in [6, 6.07) is 0. The SMILES string of the molecule is CCCC[C](S(=O)(=O)C(F)(F)F)S(=O)(=O)C(F)(F)F. The van der Waals surface area contributed by atoms with Crippen LogP contribution in [-0.2, 0) is 19.7 Å². The van der Waals surface area contributed by atoms with Gasteiger partial charge in [-0.25, -0.2) is 16.8 Å². The lowest BCUT2D eigenvalue weighted by atomic mass is 10.3. The Morgan fingerprint density at radius 1 is 0.842 bits per heavy atom. The van der Waals surface area contributed by atoms with Gasteiger partial charge in [0.15, 0.2) is 0 Å². The smallest absolute Gasteiger partial charge is 0.218 e. The molecule has 115 valence electrons. The van der Waals surface area contributed by atoms with Gasteiger partial charge in [-0.1, -0.05) is 19.8 Å². The number of unbranched alkanes of at least 4 members (excludes halogenated alkanes) is 1. The number of rotatable bonds is 5. The third-order valence-electron chi connectivity index (χ3n) is 1.94. The number of sulfone groups is 2. The Labute approximate surface area is 105 Å². The summed E-state index contributed by atoms with van der Waals surface area (Å²) in [7, 11) is -13.1. The highest BCUT2D eigenvalue weighted by Crippen LogP contribution is 2.42. The van der Waals surface area contributed by atoms with Gasteiger partial charge in [0.2, 0.25) is 4.58 Å². The zero-order valence-corrected chi connectivity index (χ0v) is 11.0. The Morgan fingerprint density at radius 2 is 1.16 bits per heavy atom. The van der Waals surface area contributed by atoms with Crippen molar-refractivity contribution in [2.24, 2.45) is 0 Å². The highest BCUT2D eigenvalue weighted by atomic mass is 32.3. The normalized spacial score (nSPS) is 14.9. The molecule has 0 heterocycles. The molecule has 0 spiro atoms. The fourth-order valence-electron chi connectivity index (χ4n) is 0.992. The maximum atomic E-state index is 12.2. The van der Waals surface area contributed by atoms with Gasteiger partial charge in [-0.15, -0.1) is 0 Å². The summed E-state index contributed by atoms with van der Waals surface area (Å²) in [5, 5.41) is 0. The largest absolute Gasteiger partial charge is 0.499 e. The van der Waals surface area contributed by atoms with Crippen LogP contribution in [0.2, 0.25) is 0 Å². The van der Waals surface area contributed by atoms with Crippen molar-refractivity contribution >= 4 is 19.7 Å². The fraction of sp³-hybridized carbons (Fsp3) is 0.857. The summed E-state index contributed by atoms with van der Waals surface area (Å²) in [5.74, 6) is 0. The summed E-state index contributed by atoms with van der Waals surface area (Å²) in [5.41, 5.74) is -12.2. The Balaban J connectivity index is 5.90. The maximum Gasteiger partial charge on any atom is 0.499 e. The van der Waals surface area contributed by atoms with Crippen LogP contribution in [0, 0.1) is 4.58 Å². The lowest BCUT2D eigenvalue weighted by Crippen LogP contribution is -2.39. The van der Waals surface area contributed by atoms with Crippen molar-refractivity contribution in [3.63, 3.8) is 0 Å². The Morgan fingerprint density at radius 3 is 1.37 bits per heavy atom. The van der Waals surface area contributed by atoms with E-state index in [4.69, 9.17) is 0 Å². The number of hydrogen-bond donors (Lipinski definition) is 0. The van der Waals surface area contributed by atoms with Crippen molar-refractivity contribution in [1.29, 1.82) is 0 Å². The first-order valence-corrected chi connectivity index (χ1v) is 7.64. The standard InChI is InChI=1S/C7H9F6O4S2/c1-2-3-4-5(18(14,15)6(8,9)10)19(16,17)7(11,12)13/h2-4H2,1H3. The van der Waals surface area contributed by atoms with Crippen molar-refractivity contribution < 1.29 is 43.2 Å². The van der Waals surface area contributed by atoms with Gasteiger partial charge in [-0.3, -0.25) is 0 Å². The minimum absolute atomic E-state index is 0.0181. The lowest BCUT2D eigenvalue weighted by molar-refractivity contribution is -0.0456. The van der Waals surface area contributed by atoms with Crippen molar-refractivity contribution in [2.75, 3.05) is 0 Å². The van der Waals surface area contributed by atoms with Gasteiger partial charge in [0.25, 0.3) is 19.7 Å². The molecular formula is C7H9F6O4S2. The van der Waals surface area contributed by atoms with Gasteiger partial charge in [-0.2, -0.15) is 26.3 Å². The first-order chi connectivity index (χ1) is 8.19. The van der Waals surface area contributed by atoms with Gasteiger partial charge in [0.05, 0.1) is 0 Å². The van der Waals surface area contributed by atoms with Crippen LogP contribution in [0.15, 0.2) is 0 Å². The molecule has 0 aromatic rings. The Hall–Kier alpha value is -0.520. The van der Waals surface area contributed by atoms with Crippen LogP contribution < -0.4 is 0 Å². The first kappa shape index (κ1) is 18.5. The van der Waals surface area contributed by atoms with Crippen molar-refractivity contribution in [1.82, 2.24) is 0 Å². The molecule has 0 N–H and O–H groups in total. The monoisotopic (exact) mass is 335 g/mol. The molecule has 1 radical (unpaired) electrons. The average Bonchev–Trinajstić information content (AvgIpc) is 2.13. The fourth-order valence-corrected chi connectivity index (χ4v) is 4.06. The van der Waals surface area contributed by atoms with Crippen LogP contribution in [0.1, 0.15) is 26.2 Å². The summed E-state index contributed by atoms with van der Waals surface area (Å²) >= 11 is 0. The molecule has 0 saturated carbocycles. The van der Waals surface area contributed by atoms with E-state index in [1.54, 1.807) is 0 Å². The van der Waals surface area contributed by atoms with Gasteiger partial charge in [0, 0.05) is 0 Å². The first-order valence-electron chi connectivity index (χ1n) is 4.68. The molecule has 4 nitrogen and oxygen atoms in total. The van der Waals surface area contributed by atoms with Gasteiger partial charge in [-0.05, 0) is 6.42 Å². The number of halogens is 6. The Bertz CT molecular complexity index is 457. The topological polar surface area (TPSA) is 68.3 Å². The van der Waals surface area contributed by atoms with Crippen LogP contribution in [0.5, 0.6) is 0 Å². The summed E-state index contributed by atoms with van der Waals surface area (Å²) < 4.78 is 114. The predicted octanol–water partition coefficient (Wildman–Crippen LogP) is 2.54. The highest BCUT2D eigenvalue weighted by Gasteiger charge is 2.63. The van der Waals surface area contributed by atoms with Crippen LogP contribution in [-0.4, -0.2) is 27.9 Å². The minimum atomic E-state index is -6.54. The molecule has 19 heavy (non-hydrogen) atoms. The molecule has 0 fully saturated rings. The molecule has 0 aliphatic heterocycles. The number of hydrogen-bond acceptors (Lipinski definition) is 4. The second-order valence-corrected chi connectivity index (χ2v) is 7.56. The Kier molecular flexibility index (Phi) is 5.31. The van der Waals surface area contributed by atoms with E-state index >= 15 is 0 Å². The van der Waals surface area contributed by atoms with Crippen LogP contribution >= 0.6 is 0 Å². The zero-order chi connectivity index (χ0) is 15.7. The van der Waals surface area contributed by atoms with E-state index in [2.05, 4.69) is 0 Å². The minimum Gasteiger partial charge on any atom is -0.218 e. The molecule has 0 rings (SSSR count). The van der Waals surface area contributed by atoms with Crippen LogP contribution in [0.3, 0.4) is 0 Å². The molecular weight excluding hydrogens is 326 g/mol. The van der Waals surface area contributed by atoms with Gasteiger partial charge < -0.3 is 0 Å². The van der Waals surface area contributed by atoms with E-state index in [-0.39, 0.29) is 6.42 Å². The van der Waals surface area contributed by atoms with E-state index in [1.807, 2.05) is 0 Å². The van der Waals surface area contributed by atoms with Crippen molar-refractivity contribution in [2.45, 2.75) is 37.2 Å². The van der Waals surface area contributed by atoms with E-state index in [0.29, 0.717) is 0 Å². The highest BCUT2D eigenvalue weighted by molar-refractivity contribution is 8.13. The zero-order valence-electron chi connectivity index (χ0n) is 9.34. The molecule has 0 unspecified atom stereocenters. The maximum absolute atomic E-state index is 12.2. The third kappa shape index (κ3) is 3.74. The summed E-state index contributed by atoms with van der Waals surface area (Å²) in [6.07, 6.45) is -1.77. The summed E-state index contributed by atoms with van der Waals surface area (Å²) in [4.78, 5) is 0. The van der Waals surface area contributed by atoms with Crippen LogP contribution in [0.25, 0.3) is 0 Å². The summed E-state index contributed by atoms with van der Waals surface area (Å²) in [6.45, 7) is 1.35. The molecule has 0 saturated heterocycles. The molecule has 0 aliphatic carbocycles. The van der Waals surface area contributed by atoms with Gasteiger partial charge >= 0.3 is 11.0 Å². The second-order valence-electron chi connectivity index (χ2n) is 3.37. The van der Waals surface area contributed by atoms with E-state index in [0.717, 1.165) is 0 Å².